The van der Waals surface area contributed by atoms with E-state index in [1.807, 2.05) is 64.6 Å². The van der Waals surface area contributed by atoms with Gasteiger partial charge in [-0.1, -0.05) is 29.8 Å². The number of aromatic nitrogens is 5. The van der Waals surface area contributed by atoms with E-state index in [2.05, 4.69) is 20.6 Å². The first-order chi connectivity index (χ1) is 14.7. The molecule has 0 saturated carbocycles. The first kappa shape index (κ1) is 18.8. The summed E-state index contributed by atoms with van der Waals surface area (Å²) in [6.45, 7) is 0.557. The number of halogens is 1. The van der Waals surface area contributed by atoms with Gasteiger partial charge in [0.05, 0.1) is 12.2 Å². The van der Waals surface area contributed by atoms with Crippen LogP contribution in [0.25, 0.3) is 22.4 Å². The third kappa shape index (κ3) is 3.67. The van der Waals surface area contributed by atoms with Crippen LogP contribution in [0, 0.1) is 0 Å². The molecule has 7 nitrogen and oxygen atoms in total. The van der Waals surface area contributed by atoms with Crippen molar-refractivity contribution in [3.63, 3.8) is 0 Å². The van der Waals surface area contributed by atoms with Crippen molar-refractivity contribution in [2.45, 2.75) is 19.4 Å². The zero-order valence-electron chi connectivity index (χ0n) is 15.8. The molecule has 1 N–H and O–H groups in total. The Labute approximate surface area is 180 Å². The van der Waals surface area contributed by atoms with E-state index in [4.69, 9.17) is 11.6 Å². The fourth-order valence-electron chi connectivity index (χ4n) is 3.30. The molecule has 150 valence electrons. The minimum absolute atomic E-state index is 0.00407. The SMILES string of the molecule is O=C(CCc1nnc2c3cc(-c4ccc(Cl)cc4)nn3ccn12)NCc1cccs1. The molecule has 0 radical (unpaired) electrons. The molecule has 4 heterocycles. The van der Waals surface area contributed by atoms with Crippen molar-refractivity contribution in [1.29, 1.82) is 0 Å². The van der Waals surface area contributed by atoms with Crippen molar-refractivity contribution in [3.8, 4) is 11.3 Å². The van der Waals surface area contributed by atoms with Gasteiger partial charge < -0.3 is 5.32 Å². The number of thiophene rings is 1. The summed E-state index contributed by atoms with van der Waals surface area (Å²) in [5.74, 6) is 0.739. The van der Waals surface area contributed by atoms with Gasteiger partial charge in [-0.05, 0) is 29.6 Å². The molecular formula is C21H17ClN6OS. The third-order valence-corrected chi connectivity index (χ3v) is 5.97. The van der Waals surface area contributed by atoms with Crippen molar-refractivity contribution in [2.24, 2.45) is 0 Å². The highest BCUT2D eigenvalue weighted by Crippen LogP contribution is 2.23. The highest BCUT2D eigenvalue weighted by Gasteiger charge is 2.13. The van der Waals surface area contributed by atoms with Gasteiger partial charge in [-0.25, -0.2) is 4.52 Å². The molecule has 0 fully saturated rings. The number of rotatable bonds is 6. The lowest BCUT2D eigenvalue weighted by molar-refractivity contribution is -0.121. The molecule has 0 spiro atoms. The number of nitrogens with one attached hydrogen (secondary N) is 1. The molecule has 4 aromatic heterocycles. The number of nitrogens with zero attached hydrogens (tertiary/aromatic N) is 5. The van der Waals surface area contributed by atoms with E-state index in [0.717, 1.165) is 27.5 Å². The van der Waals surface area contributed by atoms with Crippen LogP contribution in [-0.4, -0.2) is 30.1 Å². The molecule has 5 rings (SSSR count). The van der Waals surface area contributed by atoms with E-state index >= 15 is 0 Å². The lowest BCUT2D eigenvalue weighted by Crippen LogP contribution is -2.22. The molecule has 30 heavy (non-hydrogen) atoms. The normalized spacial score (nSPS) is 11.4. The Bertz CT molecular complexity index is 1320. The van der Waals surface area contributed by atoms with Crippen LogP contribution in [0.15, 0.2) is 60.2 Å². The van der Waals surface area contributed by atoms with Crippen LogP contribution in [0.2, 0.25) is 5.02 Å². The summed E-state index contributed by atoms with van der Waals surface area (Å²) >= 11 is 7.61. The van der Waals surface area contributed by atoms with E-state index in [9.17, 15) is 4.79 Å². The lowest BCUT2D eigenvalue weighted by Gasteiger charge is -2.03. The molecule has 0 atom stereocenters. The third-order valence-electron chi connectivity index (χ3n) is 4.84. The van der Waals surface area contributed by atoms with Gasteiger partial charge in [0.15, 0.2) is 5.65 Å². The second-order valence-electron chi connectivity index (χ2n) is 6.83. The number of carbonyl (C=O) groups excluding carboxylic acids is 1. The zero-order valence-corrected chi connectivity index (χ0v) is 17.4. The van der Waals surface area contributed by atoms with Crippen LogP contribution in [-0.2, 0) is 17.8 Å². The van der Waals surface area contributed by atoms with Crippen LogP contribution in [0.1, 0.15) is 17.1 Å². The monoisotopic (exact) mass is 436 g/mol. The highest BCUT2D eigenvalue weighted by molar-refractivity contribution is 7.09. The molecule has 0 aliphatic heterocycles. The van der Waals surface area contributed by atoms with E-state index in [-0.39, 0.29) is 5.91 Å². The van der Waals surface area contributed by atoms with Crippen LogP contribution in [0.3, 0.4) is 0 Å². The Morgan fingerprint density at radius 3 is 2.80 bits per heavy atom. The molecule has 5 aromatic rings. The number of amides is 1. The summed E-state index contributed by atoms with van der Waals surface area (Å²) in [7, 11) is 0. The van der Waals surface area contributed by atoms with Crippen LogP contribution in [0.5, 0.6) is 0 Å². The van der Waals surface area contributed by atoms with Gasteiger partial charge in [-0.15, -0.1) is 21.5 Å². The van der Waals surface area contributed by atoms with Crippen LogP contribution >= 0.6 is 22.9 Å². The van der Waals surface area contributed by atoms with E-state index < -0.39 is 0 Å². The van der Waals surface area contributed by atoms with Gasteiger partial charge in [-0.2, -0.15) is 5.10 Å². The van der Waals surface area contributed by atoms with Crippen molar-refractivity contribution < 1.29 is 4.79 Å². The fourth-order valence-corrected chi connectivity index (χ4v) is 4.08. The second kappa shape index (κ2) is 7.89. The summed E-state index contributed by atoms with van der Waals surface area (Å²) in [6, 6.07) is 13.5. The van der Waals surface area contributed by atoms with E-state index in [1.54, 1.807) is 15.9 Å². The average molecular weight is 437 g/mol. The first-order valence-electron chi connectivity index (χ1n) is 9.44. The van der Waals surface area contributed by atoms with Crippen molar-refractivity contribution in [1.82, 2.24) is 29.5 Å². The predicted molar refractivity (Wildman–Crippen MR) is 117 cm³/mol. The minimum Gasteiger partial charge on any atom is -0.351 e. The molecule has 0 aliphatic rings. The van der Waals surface area contributed by atoms with Crippen molar-refractivity contribution in [2.75, 3.05) is 0 Å². The highest BCUT2D eigenvalue weighted by atomic mass is 35.5. The maximum absolute atomic E-state index is 12.2. The Hall–Kier alpha value is -3.23. The number of benzene rings is 1. The Morgan fingerprint density at radius 1 is 1.13 bits per heavy atom. The minimum atomic E-state index is -0.00407. The molecular weight excluding hydrogens is 420 g/mol. The van der Waals surface area contributed by atoms with Gasteiger partial charge >= 0.3 is 0 Å². The lowest BCUT2D eigenvalue weighted by atomic mass is 10.1. The van der Waals surface area contributed by atoms with Crippen molar-refractivity contribution in [3.05, 3.63) is 76.0 Å². The van der Waals surface area contributed by atoms with E-state index in [1.165, 1.54) is 0 Å². The number of hydrogen-bond acceptors (Lipinski definition) is 5. The molecule has 1 aromatic carbocycles. The first-order valence-corrected chi connectivity index (χ1v) is 10.7. The fraction of sp³-hybridized carbons (Fsp3) is 0.143. The predicted octanol–water partition coefficient (Wildman–Crippen LogP) is 4.01. The maximum atomic E-state index is 12.2. The molecule has 0 bridgehead atoms. The van der Waals surface area contributed by atoms with Gasteiger partial charge in [0.1, 0.15) is 11.3 Å². The molecule has 0 aliphatic carbocycles. The van der Waals surface area contributed by atoms with Gasteiger partial charge in [-0.3, -0.25) is 9.20 Å². The molecule has 0 saturated heterocycles. The molecule has 0 unspecified atom stereocenters. The smallest absolute Gasteiger partial charge is 0.220 e. The topological polar surface area (TPSA) is 76.6 Å². The Balaban J connectivity index is 1.35. The van der Waals surface area contributed by atoms with E-state index in [0.29, 0.717) is 30.1 Å². The Kier molecular flexibility index (Phi) is 4.94. The second-order valence-corrected chi connectivity index (χ2v) is 8.30. The van der Waals surface area contributed by atoms with Crippen LogP contribution < -0.4 is 5.32 Å². The van der Waals surface area contributed by atoms with Gasteiger partial charge in [0.2, 0.25) is 5.91 Å². The largest absolute Gasteiger partial charge is 0.351 e. The molecule has 9 heteroatoms. The quantitative estimate of drug-likeness (QED) is 0.436. The number of carbonyl (C=O) groups is 1. The standard InChI is InChI=1S/C21H17ClN6OS/c22-15-5-3-14(4-6-15)17-12-18-21-25-24-19(27(21)9-10-28(18)26-17)7-8-20(29)23-13-16-2-1-11-30-16/h1-6,9-12H,7-8,13H2,(H,23,29). The summed E-state index contributed by atoms with van der Waals surface area (Å²) in [6.07, 6.45) is 4.60. The average Bonchev–Trinajstić information content (AvgIpc) is 3.50. The van der Waals surface area contributed by atoms with Gasteiger partial charge in [0.25, 0.3) is 0 Å². The number of hydrogen-bond donors (Lipinski definition) is 1. The number of aryl methyl sites for hydroxylation is 1. The Morgan fingerprint density at radius 2 is 2.00 bits per heavy atom. The van der Waals surface area contributed by atoms with Gasteiger partial charge in [0, 0.05) is 40.7 Å². The summed E-state index contributed by atoms with van der Waals surface area (Å²) in [5.41, 5.74) is 3.36. The van der Waals surface area contributed by atoms with Crippen LogP contribution in [0.4, 0.5) is 0 Å². The summed E-state index contributed by atoms with van der Waals surface area (Å²) < 4.78 is 3.70. The zero-order chi connectivity index (χ0) is 20.5. The summed E-state index contributed by atoms with van der Waals surface area (Å²) in [5, 5.41) is 18.9. The number of fused-ring (bicyclic) bond motifs is 3. The molecule has 1 amide bonds. The summed E-state index contributed by atoms with van der Waals surface area (Å²) in [4.78, 5) is 13.3. The van der Waals surface area contributed by atoms with Crippen molar-refractivity contribution >= 4 is 40.0 Å². The maximum Gasteiger partial charge on any atom is 0.220 e.